The minimum atomic E-state index is -0.777. The van der Waals surface area contributed by atoms with E-state index in [1.807, 2.05) is 0 Å². The van der Waals surface area contributed by atoms with Crippen LogP contribution in [0.15, 0.2) is 97.2 Å². The lowest BCUT2D eigenvalue weighted by molar-refractivity contribution is -0.161. The van der Waals surface area contributed by atoms with E-state index < -0.39 is 6.10 Å². The van der Waals surface area contributed by atoms with Gasteiger partial charge in [0, 0.05) is 12.8 Å². The minimum Gasteiger partial charge on any atom is -0.462 e. The predicted molar refractivity (Wildman–Crippen MR) is 306 cm³/mol. The lowest BCUT2D eigenvalue weighted by Gasteiger charge is -2.15. The van der Waals surface area contributed by atoms with Crippen LogP contribution in [0.25, 0.3) is 0 Å². The maximum Gasteiger partial charge on any atom is 0.306 e. The molecule has 0 radical (unpaired) electrons. The van der Waals surface area contributed by atoms with Crippen molar-refractivity contribution in [2.24, 2.45) is 0 Å². The van der Waals surface area contributed by atoms with E-state index in [9.17, 15) is 14.7 Å². The SMILES string of the molecule is CC/C=C\C/C=C\C/C=C\C/C=C\C/C=C\C/C=C\C/C=C\CCCCCCCCCCCCCCCCCCCCCC(=O)OC(CO)COC(=O)CCCCCCC/C=C\CCCCCCCC. The molecule has 0 aliphatic carbocycles. The highest BCUT2D eigenvalue weighted by Crippen LogP contribution is 2.16. The van der Waals surface area contributed by atoms with Crippen molar-refractivity contribution in [3.63, 3.8) is 0 Å². The molecule has 0 saturated carbocycles. The molecular formula is C65H112O5. The number of unbranched alkanes of at least 4 members (excludes halogenated alkanes) is 30. The average molecular weight is 974 g/mol. The van der Waals surface area contributed by atoms with Crippen LogP contribution in [0, 0.1) is 0 Å². The van der Waals surface area contributed by atoms with Crippen molar-refractivity contribution in [1.29, 1.82) is 0 Å². The van der Waals surface area contributed by atoms with Gasteiger partial charge in [0.15, 0.2) is 6.10 Å². The third-order valence-corrected chi connectivity index (χ3v) is 12.9. The molecule has 0 spiro atoms. The fourth-order valence-corrected chi connectivity index (χ4v) is 8.41. The van der Waals surface area contributed by atoms with E-state index in [4.69, 9.17) is 9.47 Å². The zero-order valence-corrected chi connectivity index (χ0v) is 46.0. The molecule has 0 aliphatic heterocycles. The molecule has 0 rings (SSSR count). The van der Waals surface area contributed by atoms with Gasteiger partial charge in [-0.05, 0) is 96.3 Å². The summed E-state index contributed by atoms with van der Waals surface area (Å²) in [5.74, 6) is -0.593. The number of carbonyl (C=O) groups excluding carboxylic acids is 2. The molecule has 0 aromatic rings. The molecule has 0 heterocycles. The molecule has 0 aromatic heterocycles. The summed E-state index contributed by atoms with van der Waals surface area (Å²) in [5.41, 5.74) is 0. The van der Waals surface area contributed by atoms with Gasteiger partial charge >= 0.3 is 11.9 Å². The zero-order valence-electron chi connectivity index (χ0n) is 46.0. The van der Waals surface area contributed by atoms with E-state index in [1.54, 1.807) is 0 Å². The number of carbonyl (C=O) groups is 2. The molecule has 0 aromatic carbocycles. The van der Waals surface area contributed by atoms with Gasteiger partial charge in [-0.3, -0.25) is 9.59 Å². The summed E-state index contributed by atoms with van der Waals surface area (Å²) in [6.07, 6.45) is 85.4. The lowest BCUT2D eigenvalue weighted by Crippen LogP contribution is -2.28. The lowest BCUT2D eigenvalue weighted by atomic mass is 10.0. The molecule has 0 saturated heterocycles. The summed E-state index contributed by atoms with van der Waals surface area (Å²) < 4.78 is 10.7. The van der Waals surface area contributed by atoms with Gasteiger partial charge in [0.1, 0.15) is 6.61 Å². The molecular weight excluding hydrogens is 861 g/mol. The molecule has 5 heteroatoms. The van der Waals surface area contributed by atoms with E-state index in [1.165, 1.54) is 167 Å². The highest BCUT2D eigenvalue weighted by molar-refractivity contribution is 5.70. The largest absolute Gasteiger partial charge is 0.462 e. The topological polar surface area (TPSA) is 72.8 Å². The van der Waals surface area contributed by atoms with Crippen molar-refractivity contribution < 1.29 is 24.2 Å². The second-order valence-corrected chi connectivity index (χ2v) is 19.7. The summed E-state index contributed by atoms with van der Waals surface area (Å²) in [7, 11) is 0. The number of aliphatic hydroxyl groups is 1. The summed E-state index contributed by atoms with van der Waals surface area (Å²) in [4.78, 5) is 24.5. The van der Waals surface area contributed by atoms with Gasteiger partial charge in [-0.1, -0.05) is 272 Å². The van der Waals surface area contributed by atoms with Crippen molar-refractivity contribution in [2.75, 3.05) is 13.2 Å². The Morgan fingerprint density at radius 1 is 0.343 bits per heavy atom. The minimum absolute atomic E-state index is 0.0696. The Balaban J connectivity index is 3.46. The Labute approximate surface area is 434 Å². The predicted octanol–water partition coefficient (Wildman–Crippen LogP) is 20.3. The number of hydrogen-bond acceptors (Lipinski definition) is 5. The first-order valence-corrected chi connectivity index (χ1v) is 29.8. The van der Waals surface area contributed by atoms with Crippen LogP contribution in [0.3, 0.4) is 0 Å². The molecule has 1 atom stereocenters. The summed E-state index contributed by atoms with van der Waals surface area (Å²) in [6.45, 7) is 4.03. The highest BCUT2D eigenvalue weighted by Gasteiger charge is 2.16. The molecule has 1 unspecified atom stereocenters. The van der Waals surface area contributed by atoms with Crippen LogP contribution in [0.1, 0.15) is 284 Å². The standard InChI is InChI=1S/C65H112O5/c1-3-5-7-9-11-13-15-17-19-20-21-22-23-24-25-26-27-28-29-30-31-32-33-34-35-36-37-38-39-40-41-42-43-44-46-48-50-52-54-56-58-60-65(68)70-63(61-66)62-69-64(67)59-57-55-53-51-49-47-45-18-16-14-12-10-8-6-4-2/h5,7,11,13,17-19,21-22,24-25,27-28,30-31,45,63,66H,3-4,6,8-10,12,14-16,20,23,26,29,32-44,46-62H2,1-2H3/b7-5-,13-11-,19-17-,22-21-,25-24-,28-27-,31-30-,45-18-. The number of aliphatic hydroxyl groups excluding tert-OH is 1. The number of esters is 2. The Bertz CT molecular complexity index is 1330. The van der Waals surface area contributed by atoms with E-state index in [0.717, 1.165) is 89.9 Å². The first-order valence-electron chi connectivity index (χ1n) is 29.8. The normalized spacial score (nSPS) is 12.9. The second kappa shape index (κ2) is 60.1. The van der Waals surface area contributed by atoms with Crippen molar-refractivity contribution in [2.45, 2.75) is 290 Å². The number of allylic oxidation sites excluding steroid dienone is 16. The second-order valence-electron chi connectivity index (χ2n) is 19.7. The van der Waals surface area contributed by atoms with Crippen molar-refractivity contribution in [1.82, 2.24) is 0 Å². The van der Waals surface area contributed by atoms with Gasteiger partial charge in [0.2, 0.25) is 0 Å². The molecule has 1 N–H and O–H groups in total. The molecule has 0 fully saturated rings. The summed E-state index contributed by atoms with van der Waals surface area (Å²) in [6, 6.07) is 0. The first-order chi connectivity index (χ1) is 34.6. The summed E-state index contributed by atoms with van der Waals surface area (Å²) in [5, 5.41) is 9.64. The van der Waals surface area contributed by atoms with Gasteiger partial charge < -0.3 is 14.6 Å². The van der Waals surface area contributed by atoms with Gasteiger partial charge in [-0.15, -0.1) is 0 Å². The monoisotopic (exact) mass is 973 g/mol. The van der Waals surface area contributed by atoms with Crippen LogP contribution in [-0.4, -0.2) is 36.4 Å². The van der Waals surface area contributed by atoms with Crippen LogP contribution in [0.2, 0.25) is 0 Å². The van der Waals surface area contributed by atoms with Crippen LogP contribution in [-0.2, 0) is 19.1 Å². The fraction of sp³-hybridized carbons (Fsp3) is 0.723. The Morgan fingerprint density at radius 3 is 0.943 bits per heavy atom. The molecule has 0 aliphatic rings. The third-order valence-electron chi connectivity index (χ3n) is 12.9. The van der Waals surface area contributed by atoms with Crippen molar-refractivity contribution in [3.8, 4) is 0 Å². The van der Waals surface area contributed by atoms with Crippen molar-refractivity contribution >= 4 is 11.9 Å². The smallest absolute Gasteiger partial charge is 0.306 e. The maximum absolute atomic E-state index is 12.3. The summed E-state index contributed by atoms with van der Waals surface area (Å²) >= 11 is 0. The first kappa shape index (κ1) is 66.8. The van der Waals surface area contributed by atoms with E-state index >= 15 is 0 Å². The average Bonchev–Trinajstić information content (AvgIpc) is 3.36. The third kappa shape index (κ3) is 57.4. The Hall–Kier alpha value is -3.18. The fourth-order valence-electron chi connectivity index (χ4n) is 8.41. The van der Waals surface area contributed by atoms with Crippen LogP contribution < -0.4 is 0 Å². The Morgan fingerprint density at radius 2 is 0.614 bits per heavy atom. The molecule has 5 nitrogen and oxygen atoms in total. The number of ether oxygens (including phenoxy) is 2. The van der Waals surface area contributed by atoms with Crippen molar-refractivity contribution in [3.05, 3.63) is 97.2 Å². The quantitative estimate of drug-likeness (QED) is 0.0373. The highest BCUT2D eigenvalue weighted by atomic mass is 16.6. The van der Waals surface area contributed by atoms with Gasteiger partial charge in [-0.25, -0.2) is 0 Å². The molecule has 0 amide bonds. The van der Waals surface area contributed by atoms with Gasteiger partial charge in [-0.2, -0.15) is 0 Å². The number of hydrogen-bond donors (Lipinski definition) is 1. The van der Waals surface area contributed by atoms with E-state index in [2.05, 4.69) is 111 Å². The maximum atomic E-state index is 12.3. The number of rotatable bonds is 54. The van der Waals surface area contributed by atoms with Crippen LogP contribution in [0.4, 0.5) is 0 Å². The van der Waals surface area contributed by atoms with Crippen LogP contribution >= 0.6 is 0 Å². The van der Waals surface area contributed by atoms with Gasteiger partial charge in [0.25, 0.3) is 0 Å². The molecule has 70 heavy (non-hydrogen) atoms. The van der Waals surface area contributed by atoms with E-state index in [0.29, 0.717) is 12.8 Å². The Kier molecular flexibility index (Phi) is 57.4. The van der Waals surface area contributed by atoms with Gasteiger partial charge in [0.05, 0.1) is 6.61 Å². The molecule has 402 valence electrons. The van der Waals surface area contributed by atoms with Crippen LogP contribution in [0.5, 0.6) is 0 Å². The zero-order chi connectivity index (χ0) is 50.6. The molecule has 0 bridgehead atoms. The van der Waals surface area contributed by atoms with E-state index in [-0.39, 0.29) is 25.2 Å².